The van der Waals surface area contributed by atoms with Gasteiger partial charge in [0.25, 0.3) is 0 Å². The number of carboxylic acids is 1. The number of carboxylic acid groups (broad SMARTS) is 1. The second-order valence-corrected chi connectivity index (χ2v) is 11.0. The van der Waals surface area contributed by atoms with Gasteiger partial charge in [-0.3, -0.25) is 9.59 Å². The molecule has 0 aromatic heterocycles. The van der Waals surface area contributed by atoms with Crippen molar-refractivity contribution in [3.05, 3.63) is 59.7 Å². The van der Waals surface area contributed by atoms with Crippen molar-refractivity contribution >= 4 is 18.0 Å². The summed E-state index contributed by atoms with van der Waals surface area (Å²) in [5.74, 6) is -1.31. The van der Waals surface area contributed by atoms with Crippen LogP contribution in [0.1, 0.15) is 58.1 Å². The van der Waals surface area contributed by atoms with Crippen LogP contribution in [0.15, 0.2) is 48.5 Å². The molecule has 0 fully saturated rings. The molecule has 2 aromatic carbocycles. The summed E-state index contributed by atoms with van der Waals surface area (Å²) in [7, 11) is 0. The van der Waals surface area contributed by atoms with Crippen LogP contribution in [0.4, 0.5) is 4.79 Å². The standard InChI is InChI=1S/C28H36N2O5/c1-27(2,3)18-30(16-24(31)32)25(33)28(4,5)14-15-29-26(34)35-17-23-21-12-8-6-10-19(21)20-11-7-9-13-22(20)23/h6-13,23H,14-18H2,1-5H3,(H,29,34)(H,31,32). The minimum absolute atomic E-state index is 0.0202. The molecule has 2 N–H and O–H groups in total. The lowest BCUT2D eigenvalue weighted by atomic mass is 9.86. The minimum Gasteiger partial charge on any atom is -0.480 e. The lowest BCUT2D eigenvalue weighted by Crippen LogP contribution is -2.47. The highest BCUT2D eigenvalue weighted by molar-refractivity contribution is 5.85. The van der Waals surface area contributed by atoms with Crippen LogP contribution in [-0.2, 0) is 14.3 Å². The van der Waals surface area contributed by atoms with Crippen molar-refractivity contribution in [1.29, 1.82) is 0 Å². The summed E-state index contributed by atoms with van der Waals surface area (Å²) in [6.45, 7) is 9.87. The van der Waals surface area contributed by atoms with Gasteiger partial charge in [0.05, 0.1) is 0 Å². The number of carbonyl (C=O) groups excluding carboxylic acids is 2. The van der Waals surface area contributed by atoms with Crippen LogP contribution in [0.5, 0.6) is 0 Å². The van der Waals surface area contributed by atoms with Gasteiger partial charge in [0.15, 0.2) is 0 Å². The lowest BCUT2D eigenvalue weighted by Gasteiger charge is -2.35. The molecule has 2 aromatic rings. The van der Waals surface area contributed by atoms with E-state index in [-0.39, 0.29) is 36.9 Å². The van der Waals surface area contributed by atoms with E-state index in [4.69, 9.17) is 4.74 Å². The van der Waals surface area contributed by atoms with E-state index < -0.39 is 17.5 Å². The second kappa shape index (κ2) is 10.5. The van der Waals surface area contributed by atoms with Gasteiger partial charge >= 0.3 is 12.1 Å². The van der Waals surface area contributed by atoms with Gasteiger partial charge in [-0.05, 0) is 34.1 Å². The molecule has 3 rings (SSSR count). The highest BCUT2D eigenvalue weighted by Crippen LogP contribution is 2.44. The first-order valence-corrected chi connectivity index (χ1v) is 12.0. The summed E-state index contributed by atoms with van der Waals surface area (Å²) in [5, 5.41) is 12.0. The second-order valence-electron chi connectivity index (χ2n) is 11.0. The maximum atomic E-state index is 13.1. The number of aliphatic carboxylic acids is 1. The minimum atomic E-state index is -1.05. The fourth-order valence-corrected chi connectivity index (χ4v) is 4.60. The molecule has 7 heteroatoms. The summed E-state index contributed by atoms with van der Waals surface area (Å²) in [6, 6.07) is 16.3. The number of fused-ring (bicyclic) bond motifs is 3. The van der Waals surface area contributed by atoms with E-state index in [2.05, 4.69) is 29.6 Å². The molecule has 0 aliphatic heterocycles. The van der Waals surface area contributed by atoms with Crippen molar-refractivity contribution < 1.29 is 24.2 Å². The molecule has 1 aliphatic carbocycles. The molecule has 0 saturated heterocycles. The predicted molar refractivity (Wildman–Crippen MR) is 135 cm³/mol. The Labute approximate surface area is 207 Å². The van der Waals surface area contributed by atoms with Crippen molar-refractivity contribution in [2.45, 2.75) is 47.0 Å². The quantitative estimate of drug-likeness (QED) is 0.532. The Balaban J connectivity index is 1.54. The van der Waals surface area contributed by atoms with E-state index in [9.17, 15) is 19.5 Å². The molecule has 0 bridgehead atoms. The molecule has 0 atom stereocenters. The van der Waals surface area contributed by atoms with Crippen LogP contribution >= 0.6 is 0 Å². The van der Waals surface area contributed by atoms with Crippen LogP contribution in [-0.4, -0.2) is 54.2 Å². The number of hydrogen-bond acceptors (Lipinski definition) is 4. The number of nitrogens with zero attached hydrogens (tertiary/aromatic N) is 1. The van der Waals surface area contributed by atoms with Gasteiger partial charge in [-0.2, -0.15) is 0 Å². The fraction of sp³-hybridized carbons (Fsp3) is 0.464. The molecule has 188 valence electrons. The molecule has 0 spiro atoms. The summed E-state index contributed by atoms with van der Waals surface area (Å²) in [5.41, 5.74) is 3.55. The van der Waals surface area contributed by atoms with Gasteiger partial charge < -0.3 is 20.1 Å². The number of hydrogen-bond donors (Lipinski definition) is 2. The average molecular weight is 481 g/mol. The third kappa shape index (κ3) is 6.62. The molecular weight excluding hydrogens is 444 g/mol. The van der Waals surface area contributed by atoms with E-state index in [1.807, 2.05) is 45.0 Å². The van der Waals surface area contributed by atoms with Gasteiger partial charge in [-0.15, -0.1) is 0 Å². The molecule has 35 heavy (non-hydrogen) atoms. The van der Waals surface area contributed by atoms with Crippen molar-refractivity contribution in [3.63, 3.8) is 0 Å². The molecule has 0 radical (unpaired) electrons. The first-order chi connectivity index (χ1) is 16.4. The molecule has 1 aliphatic rings. The van der Waals surface area contributed by atoms with E-state index >= 15 is 0 Å². The SMILES string of the molecule is CC(C)(C)CN(CC(=O)O)C(=O)C(C)(C)CCNC(=O)OCC1c2ccccc2-c2ccccc21. The van der Waals surface area contributed by atoms with Crippen molar-refractivity contribution in [1.82, 2.24) is 10.2 Å². The Kier molecular flexibility index (Phi) is 7.88. The lowest BCUT2D eigenvalue weighted by molar-refractivity contribution is -0.150. The van der Waals surface area contributed by atoms with E-state index in [1.165, 1.54) is 16.0 Å². The maximum absolute atomic E-state index is 13.1. The van der Waals surface area contributed by atoms with Gasteiger partial charge in [0.1, 0.15) is 13.2 Å². The zero-order valence-electron chi connectivity index (χ0n) is 21.3. The van der Waals surface area contributed by atoms with E-state index in [1.54, 1.807) is 13.8 Å². The summed E-state index contributed by atoms with van der Waals surface area (Å²) in [6.07, 6.45) is -0.178. The van der Waals surface area contributed by atoms with Gasteiger partial charge in [0, 0.05) is 24.4 Å². The fourth-order valence-electron chi connectivity index (χ4n) is 4.60. The largest absolute Gasteiger partial charge is 0.480 e. The van der Waals surface area contributed by atoms with Crippen LogP contribution in [0.3, 0.4) is 0 Å². The third-order valence-electron chi connectivity index (χ3n) is 6.22. The number of benzene rings is 2. The molecule has 0 saturated carbocycles. The molecular formula is C28H36N2O5. The smallest absolute Gasteiger partial charge is 0.407 e. The topological polar surface area (TPSA) is 95.9 Å². The van der Waals surface area contributed by atoms with Gasteiger partial charge in [-0.25, -0.2) is 4.79 Å². The number of ether oxygens (including phenoxy) is 1. The van der Waals surface area contributed by atoms with Crippen LogP contribution in [0.2, 0.25) is 0 Å². The van der Waals surface area contributed by atoms with Crippen molar-refractivity contribution in [2.24, 2.45) is 10.8 Å². The monoisotopic (exact) mass is 480 g/mol. The summed E-state index contributed by atoms with van der Waals surface area (Å²) < 4.78 is 5.56. The highest BCUT2D eigenvalue weighted by Gasteiger charge is 2.35. The maximum Gasteiger partial charge on any atom is 0.407 e. The predicted octanol–water partition coefficient (Wildman–Crippen LogP) is 4.90. The van der Waals surface area contributed by atoms with E-state index in [0.717, 1.165) is 11.1 Å². The number of rotatable bonds is 9. The zero-order valence-corrected chi connectivity index (χ0v) is 21.3. The highest BCUT2D eigenvalue weighted by atomic mass is 16.5. The zero-order chi connectivity index (χ0) is 25.8. The number of alkyl carbamates (subject to hydrolysis) is 1. The molecule has 7 nitrogen and oxygen atoms in total. The summed E-state index contributed by atoms with van der Waals surface area (Å²) in [4.78, 5) is 38.2. The third-order valence-corrected chi connectivity index (χ3v) is 6.22. The number of amides is 2. The number of carbonyl (C=O) groups is 3. The average Bonchev–Trinajstić information content (AvgIpc) is 3.09. The van der Waals surface area contributed by atoms with E-state index in [0.29, 0.717) is 13.0 Å². The first kappa shape index (κ1) is 26.3. The van der Waals surface area contributed by atoms with Crippen molar-refractivity contribution in [2.75, 3.05) is 26.2 Å². The Bertz CT molecular complexity index is 1040. The van der Waals surface area contributed by atoms with Crippen LogP contribution < -0.4 is 5.32 Å². The molecule has 0 heterocycles. The van der Waals surface area contributed by atoms with Gasteiger partial charge in [-0.1, -0.05) is 83.1 Å². The Morgan fingerprint density at radius 2 is 1.49 bits per heavy atom. The Morgan fingerprint density at radius 3 is 2.00 bits per heavy atom. The van der Waals surface area contributed by atoms with Crippen LogP contribution in [0.25, 0.3) is 11.1 Å². The number of nitrogens with one attached hydrogen (secondary N) is 1. The molecule has 2 amide bonds. The Hall–Kier alpha value is -3.35. The molecule has 0 unspecified atom stereocenters. The van der Waals surface area contributed by atoms with Gasteiger partial charge in [0.2, 0.25) is 5.91 Å². The first-order valence-electron chi connectivity index (χ1n) is 12.0. The Morgan fingerprint density at radius 1 is 0.943 bits per heavy atom. The normalized spacial score (nSPS) is 13.1. The van der Waals surface area contributed by atoms with Crippen molar-refractivity contribution in [3.8, 4) is 11.1 Å². The summed E-state index contributed by atoms with van der Waals surface area (Å²) >= 11 is 0. The van der Waals surface area contributed by atoms with Crippen LogP contribution in [0, 0.1) is 10.8 Å².